The summed E-state index contributed by atoms with van der Waals surface area (Å²) in [5.41, 5.74) is 7.87. The molecule has 3 nitrogen and oxygen atoms in total. The Hall–Kier alpha value is -0.740. The molecule has 0 aliphatic carbocycles. The first-order valence-electron chi connectivity index (χ1n) is 4.65. The van der Waals surface area contributed by atoms with E-state index >= 15 is 0 Å². The van der Waals surface area contributed by atoms with Gasteiger partial charge in [-0.1, -0.05) is 15.9 Å². The van der Waals surface area contributed by atoms with Crippen molar-refractivity contribution in [3.05, 3.63) is 22.7 Å². The average Bonchev–Trinajstić information content (AvgIpc) is 2.19. The fourth-order valence-electron chi connectivity index (χ4n) is 1.62. The lowest BCUT2D eigenvalue weighted by Gasteiger charge is -2.29. The zero-order valence-corrected chi connectivity index (χ0v) is 9.46. The topological polar surface area (TPSA) is 38.5 Å². The van der Waals surface area contributed by atoms with Crippen molar-refractivity contribution in [2.24, 2.45) is 0 Å². The molecule has 0 aromatic heterocycles. The Morgan fingerprint density at radius 3 is 2.64 bits per heavy atom. The summed E-state index contributed by atoms with van der Waals surface area (Å²) in [7, 11) is 0. The Kier molecular flexibility index (Phi) is 2.93. The van der Waals surface area contributed by atoms with Crippen LogP contribution in [-0.4, -0.2) is 26.3 Å². The van der Waals surface area contributed by atoms with Gasteiger partial charge in [-0.25, -0.2) is 0 Å². The minimum Gasteiger partial charge on any atom is -0.397 e. The van der Waals surface area contributed by atoms with Crippen LogP contribution in [0.5, 0.6) is 0 Å². The number of rotatable bonds is 1. The molecule has 0 bridgehead atoms. The van der Waals surface area contributed by atoms with Crippen LogP contribution in [0.3, 0.4) is 0 Å². The van der Waals surface area contributed by atoms with Crippen molar-refractivity contribution in [3.63, 3.8) is 0 Å². The van der Waals surface area contributed by atoms with E-state index in [-0.39, 0.29) is 0 Å². The Morgan fingerprint density at radius 2 is 2.00 bits per heavy atom. The highest BCUT2D eigenvalue weighted by molar-refractivity contribution is 9.10. The largest absolute Gasteiger partial charge is 0.397 e. The van der Waals surface area contributed by atoms with Crippen LogP contribution in [0.1, 0.15) is 0 Å². The Morgan fingerprint density at radius 1 is 1.29 bits per heavy atom. The van der Waals surface area contributed by atoms with E-state index < -0.39 is 0 Å². The number of halogens is 1. The van der Waals surface area contributed by atoms with E-state index in [9.17, 15) is 0 Å². The summed E-state index contributed by atoms with van der Waals surface area (Å²) in [4.78, 5) is 2.26. The van der Waals surface area contributed by atoms with Gasteiger partial charge in [-0.3, -0.25) is 0 Å². The van der Waals surface area contributed by atoms with Crippen molar-refractivity contribution in [3.8, 4) is 0 Å². The van der Waals surface area contributed by atoms with Crippen molar-refractivity contribution < 1.29 is 4.74 Å². The van der Waals surface area contributed by atoms with Gasteiger partial charge in [-0.15, -0.1) is 0 Å². The summed E-state index contributed by atoms with van der Waals surface area (Å²) in [6.07, 6.45) is 0. The monoisotopic (exact) mass is 256 g/mol. The Bertz CT molecular complexity index is 324. The summed E-state index contributed by atoms with van der Waals surface area (Å²) in [6.45, 7) is 3.42. The first kappa shape index (κ1) is 9.80. The molecule has 1 fully saturated rings. The molecule has 0 atom stereocenters. The predicted molar refractivity (Wildman–Crippen MR) is 61.6 cm³/mol. The van der Waals surface area contributed by atoms with Crippen LogP contribution in [0, 0.1) is 0 Å². The van der Waals surface area contributed by atoms with Crippen molar-refractivity contribution in [1.82, 2.24) is 0 Å². The molecule has 14 heavy (non-hydrogen) atoms. The summed E-state index contributed by atoms with van der Waals surface area (Å²) in [5.74, 6) is 0. The van der Waals surface area contributed by atoms with E-state index in [1.54, 1.807) is 0 Å². The van der Waals surface area contributed by atoms with Crippen LogP contribution in [0.2, 0.25) is 0 Å². The number of anilines is 2. The minimum absolute atomic E-state index is 0.787. The van der Waals surface area contributed by atoms with Crippen LogP contribution in [-0.2, 0) is 4.74 Å². The maximum absolute atomic E-state index is 5.94. The Labute approximate surface area is 92.0 Å². The molecule has 76 valence electrons. The Balaban J connectivity index is 2.22. The number of nitrogens with zero attached hydrogens (tertiary/aromatic N) is 1. The summed E-state index contributed by atoms with van der Waals surface area (Å²) in [6, 6.07) is 6.00. The molecular weight excluding hydrogens is 244 g/mol. The SMILES string of the molecule is Nc1cc(Br)ccc1N1CCOCC1. The van der Waals surface area contributed by atoms with E-state index in [2.05, 4.69) is 20.8 Å². The standard InChI is InChI=1S/C10H13BrN2O/c11-8-1-2-10(9(12)7-8)13-3-5-14-6-4-13/h1-2,7H,3-6,12H2. The van der Waals surface area contributed by atoms with Gasteiger partial charge in [0.1, 0.15) is 0 Å². The second kappa shape index (κ2) is 4.19. The first-order chi connectivity index (χ1) is 6.77. The first-order valence-corrected chi connectivity index (χ1v) is 5.44. The minimum atomic E-state index is 0.787. The zero-order valence-electron chi connectivity index (χ0n) is 7.87. The lowest BCUT2D eigenvalue weighted by atomic mass is 10.2. The molecule has 0 saturated carbocycles. The van der Waals surface area contributed by atoms with Gasteiger partial charge in [0.15, 0.2) is 0 Å². The van der Waals surface area contributed by atoms with Crippen molar-refractivity contribution in [2.75, 3.05) is 36.9 Å². The second-order valence-corrected chi connectivity index (χ2v) is 4.22. The van der Waals surface area contributed by atoms with Crippen LogP contribution in [0.15, 0.2) is 22.7 Å². The number of morpholine rings is 1. The maximum atomic E-state index is 5.94. The van der Waals surface area contributed by atoms with E-state index in [0.29, 0.717) is 0 Å². The third kappa shape index (κ3) is 2.01. The number of nitrogens with two attached hydrogens (primary N) is 1. The smallest absolute Gasteiger partial charge is 0.0642 e. The molecule has 1 aliphatic heterocycles. The van der Waals surface area contributed by atoms with Gasteiger partial charge in [0.25, 0.3) is 0 Å². The predicted octanol–water partition coefficient (Wildman–Crippen LogP) is 1.87. The van der Waals surface area contributed by atoms with E-state index in [0.717, 1.165) is 42.2 Å². The van der Waals surface area contributed by atoms with E-state index in [1.807, 2.05) is 18.2 Å². The summed E-state index contributed by atoms with van der Waals surface area (Å²) < 4.78 is 6.31. The zero-order chi connectivity index (χ0) is 9.97. The molecule has 1 aliphatic rings. The molecule has 2 rings (SSSR count). The van der Waals surface area contributed by atoms with Gasteiger partial charge in [-0.05, 0) is 18.2 Å². The molecule has 1 heterocycles. The number of nitrogen functional groups attached to an aromatic ring is 1. The molecule has 0 spiro atoms. The normalized spacial score (nSPS) is 17.1. The second-order valence-electron chi connectivity index (χ2n) is 3.30. The number of ether oxygens (including phenoxy) is 1. The highest BCUT2D eigenvalue weighted by Gasteiger charge is 2.13. The fourth-order valence-corrected chi connectivity index (χ4v) is 2.00. The molecule has 0 unspecified atom stereocenters. The van der Waals surface area contributed by atoms with Crippen LogP contribution in [0.25, 0.3) is 0 Å². The molecule has 2 N–H and O–H groups in total. The quantitative estimate of drug-likeness (QED) is 0.780. The summed E-state index contributed by atoms with van der Waals surface area (Å²) in [5, 5.41) is 0. The molecule has 4 heteroatoms. The van der Waals surface area contributed by atoms with E-state index in [4.69, 9.17) is 10.5 Å². The average molecular weight is 257 g/mol. The number of benzene rings is 1. The highest BCUT2D eigenvalue weighted by Crippen LogP contribution is 2.27. The fraction of sp³-hybridized carbons (Fsp3) is 0.400. The van der Waals surface area contributed by atoms with E-state index in [1.165, 1.54) is 0 Å². The molecule has 1 aromatic carbocycles. The molecule has 0 radical (unpaired) electrons. The van der Waals surface area contributed by atoms with Crippen LogP contribution >= 0.6 is 15.9 Å². The summed E-state index contributed by atoms with van der Waals surface area (Å²) >= 11 is 3.40. The third-order valence-corrected chi connectivity index (χ3v) is 2.83. The molecule has 0 amide bonds. The van der Waals surface area contributed by atoms with Gasteiger partial charge < -0.3 is 15.4 Å². The number of hydrogen-bond acceptors (Lipinski definition) is 3. The molecule has 1 saturated heterocycles. The van der Waals surface area contributed by atoms with Gasteiger partial charge in [0.05, 0.1) is 24.6 Å². The molecule has 1 aromatic rings. The van der Waals surface area contributed by atoms with Crippen LogP contribution in [0.4, 0.5) is 11.4 Å². The third-order valence-electron chi connectivity index (χ3n) is 2.34. The highest BCUT2D eigenvalue weighted by atomic mass is 79.9. The van der Waals surface area contributed by atoms with Crippen molar-refractivity contribution in [2.45, 2.75) is 0 Å². The lowest BCUT2D eigenvalue weighted by molar-refractivity contribution is 0.123. The van der Waals surface area contributed by atoms with Crippen molar-refractivity contribution in [1.29, 1.82) is 0 Å². The van der Waals surface area contributed by atoms with Gasteiger partial charge >= 0.3 is 0 Å². The maximum Gasteiger partial charge on any atom is 0.0642 e. The molecular formula is C10H13BrN2O. The van der Waals surface area contributed by atoms with Crippen molar-refractivity contribution >= 4 is 27.3 Å². The number of hydrogen-bond donors (Lipinski definition) is 1. The van der Waals surface area contributed by atoms with Gasteiger partial charge in [0.2, 0.25) is 0 Å². The van der Waals surface area contributed by atoms with Gasteiger partial charge in [0, 0.05) is 17.6 Å². The van der Waals surface area contributed by atoms with Crippen LogP contribution < -0.4 is 10.6 Å². The lowest BCUT2D eigenvalue weighted by Crippen LogP contribution is -2.36. The van der Waals surface area contributed by atoms with Gasteiger partial charge in [-0.2, -0.15) is 0 Å².